The molecule has 13 rings (SSSR count). The van der Waals surface area contributed by atoms with Gasteiger partial charge < -0.3 is 4.90 Å². The van der Waals surface area contributed by atoms with E-state index in [1.54, 1.807) is 0 Å². The lowest BCUT2D eigenvalue weighted by Gasteiger charge is -2.29. The van der Waals surface area contributed by atoms with Crippen LogP contribution in [0, 0.1) is 0 Å². The number of fused-ring (bicyclic) bond motifs is 6. The van der Waals surface area contributed by atoms with E-state index in [0.717, 1.165) is 17.1 Å². The maximum absolute atomic E-state index is 2.43. The second kappa shape index (κ2) is 17.3. The van der Waals surface area contributed by atoms with E-state index in [-0.39, 0.29) is 10.8 Å². The standard InChI is InChI=1S/C71H53N/c1-70(2)66-32-17-15-29-61(66)64-31-19-30-63(69(64)70)59-27-14-13-26-57(59)51-36-41-55(42-37-51)72(56-43-45-58(49-20-7-4-8-21-49)65(47-56)50-22-9-5-10-23-50)54-39-34-48(35-40-54)52-38-44-62-60-28-16-18-33-67(60)71(3,68(62)46-52)53-24-11-6-12-25-53/h4-47H,1-3H3. The van der Waals surface area contributed by atoms with Crippen LogP contribution in [0.25, 0.3) is 77.9 Å². The van der Waals surface area contributed by atoms with Crippen molar-refractivity contribution in [2.75, 3.05) is 4.90 Å². The van der Waals surface area contributed by atoms with Gasteiger partial charge >= 0.3 is 0 Å². The van der Waals surface area contributed by atoms with Crippen LogP contribution in [-0.4, -0.2) is 0 Å². The third-order valence-corrected chi connectivity index (χ3v) is 15.8. The predicted octanol–water partition coefficient (Wildman–Crippen LogP) is 19.1. The van der Waals surface area contributed by atoms with Crippen LogP contribution in [0.3, 0.4) is 0 Å². The molecule has 11 aromatic carbocycles. The highest BCUT2D eigenvalue weighted by molar-refractivity contribution is 5.94. The van der Waals surface area contributed by atoms with Gasteiger partial charge in [0.2, 0.25) is 0 Å². The Morgan fingerprint density at radius 2 is 0.667 bits per heavy atom. The van der Waals surface area contributed by atoms with Crippen LogP contribution in [-0.2, 0) is 10.8 Å². The summed E-state index contributed by atoms with van der Waals surface area (Å²) in [5, 5.41) is 0. The number of hydrogen-bond acceptors (Lipinski definition) is 1. The molecule has 0 heterocycles. The minimum Gasteiger partial charge on any atom is -0.310 e. The Labute approximate surface area is 424 Å². The Kier molecular flexibility index (Phi) is 10.4. The smallest absolute Gasteiger partial charge is 0.0468 e. The largest absolute Gasteiger partial charge is 0.310 e. The molecule has 0 amide bonds. The Balaban J connectivity index is 0.921. The van der Waals surface area contributed by atoms with Gasteiger partial charge in [0.1, 0.15) is 0 Å². The summed E-state index contributed by atoms with van der Waals surface area (Å²) in [6.45, 7) is 7.14. The summed E-state index contributed by atoms with van der Waals surface area (Å²) >= 11 is 0. The van der Waals surface area contributed by atoms with Crippen molar-refractivity contribution in [3.8, 4) is 77.9 Å². The Bertz CT molecular complexity index is 3810. The first-order valence-electron chi connectivity index (χ1n) is 25.2. The highest BCUT2D eigenvalue weighted by Gasteiger charge is 2.41. The van der Waals surface area contributed by atoms with Gasteiger partial charge in [0.15, 0.2) is 0 Å². The van der Waals surface area contributed by atoms with E-state index < -0.39 is 0 Å². The molecule has 1 unspecified atom stereocenters. The van der Waals surface area contributed by atoms with E-state index in [4.69, 9.17) is 0 Å². The number of nitrogens with zero attached hydrogens (tertiary/aromatic N) is 1. The van der Waals surface area contributed by atoms with Gasteiger partial charge in [-0.15, -0.1) is 0 Å². The van der Waals surface area contributed by atoms with Gasteiger partial charge in [-0.05, 0) is 155 Å². The van der Waals surface area contributed by atoms with E-state index in [2.05, 4.69) is 293 Å². The quantitative estimate of drug-likeness (QED) is 0.139. The van der Waals surface area contributed by atoms with Crippen LogP contribution < -0.4 is 4.90 Å². The van der Waals surface area contributed by atoms with Crippen LogP contribution in [0.15, 0.2) is 267 Å². The summed E-state index contributed by atoms with van der Waals surface area (Å²) in [5.74, 6) is 0. The number of rotatable bonds is 9. The molecule has 72 heavy (non-hydrogen) atoms. The fourth-order valence-electron chi connectivity index (χ4n) is 12.2. The number of hydrogen-bond donors (Lipinski definition) is 0. The molecule has 0 aliphatic heterocycles. The molecule has 2 aliphatic rings. The van der Waals surface area contributed by atoms with E-state index >= 15 is 0 Å². The van der Waals surface area contributed by atoms with Crippen LogP contribution in [0.5, 0.6) is 0 Å². The zero-order valence-corrected chi connectivity index (χ0v) is 40.9. The molecule has 0 radical (unpaired) electrons. The molecule has 0 saturated heterocycles. The fraction of sp³-hybridized carbons (Fsp3) is 0.0704. The van der Waals surface area contributed by atoms with E-state index in [1.807, 2.05) is 0 Å². The Morgan fingerprint density at radius 1 is 0.250 bits per heavy atom. The van der Waals surface area contributed by atoms with Crippen LogP contribution in [0.4, 0.5) is 17.1 Å². The number of benzene rings is 11. The van der Waals surface area contributed by atoms with Crippen molar-refractivity contribution in [1.82, 2.24) is 0 Å². The topological polar surface area (TPSA) is 3.24 Å². The molecular formula is C71H53N. The van der Waals surface area contributed by atoms with E-state index in [0.29, 0.717) is 0 Å². The van der Waals surface area contributed by atoms with Crippen molar-refractivity contribution in [1.29, 1.82) is 0 Å². The van der Waals surface area contributed by atoms with Crippen molar-refractivity contribution in [2.24, 2.45) is 0 Å². The second-order valence-electron chi connectivity index (χ2n) is 20.1. The highest BCUT2D eigenvalue weighted by Crippen LogP contribution is 2.55. The van der Waals surface area contributed by atoms with E-state index in [9.17, 15) is 0 Å². The number of anilines is 3. The molecule has 342 valence electrons. The molecule has 1 nitrogen and oxygen atoms in total. The third kappa shape index (κ3) is 6.99. The van der Waals surface area contributed by atoms with Gasteiger partial charge in [-0.3, -0.25) is 0 Å². The average Bonchev–Trinajstić information content (AvgIpc) is 3.85. The zero-order valence-electron chi connectivity index (χ0n) is 40.9. The SMILES string of the molecule is CC1(C)c2ccccc2-c2cccc(-c3ccccc3-c3ccc(N(c4ccc(-c5ccc6c(c5)C(C)(c5ccccc5)c5ccccc5-6)cc4)c4ccc(-c5ccccc5)c(-c5ccccc5)c4)cc3)c21. The second-order valence-corrected chi connectivity index (χ2v) is 20.1. The molecule has 0 bridgehead atoms. The van der Waals surface area contributed by atoms with Gasteiger partial charge in [-0.1, -0.05) is 238 Å². The lowest BCUT2D eigenvalue weighted by molar-refractivity contribution is 0.662. The molecule has 0 N–H and O–H groups in total. The zero-order chi connectivity index (χ0) is 48.4. The van der Waals surface area contributed by atoms with Gasteiger partial charge in [-0.2, -0.15) is 0 Å². The van der Waals surface area contributed by atoms with Crippen LogP contribution >= 0.6 is 0 Å². The maximum Gasteiger partial charge on any atom is 0.0468 e. The summed E-state index contributed by atoms with van der Waals surface area (Å²) < 4.78 is 0. The van der Waals surface area contributed by atoms with Crippen molar-refractivity contribution in [3.05, 3.63) is 295 Å². The first-order chi connectivity index (χ1) is 35.4. The van der Waals surface area contributed by atoms with E-state index in [1.165, 1.54) is 106 Å². The van der Waals surface area contributed by atoms with Gasteiger partial charge in [0.25, 0.3) is 0 Å². The predicted molar refractivity (Wildman–Crippen MR) is 303 cm³/mol. The van der Waals surface area contributed by atoms with Gasteiger partial charge in [0, 0.05) is 27.9 Å². The molecule has 1 atom stereocenters. The highest BCUT2D eigenvalue weighted by atomic mass is 15.1. The molecule has 0 fully saturated rings. The van der Waals surface area contributed by atoms with Crippen LogP contribution in [0.1, 0.15) is 48.6 Å². The molecule has 0 aromatic heterocycles. The minimum atomic E-state index is -0.265. The molecule has 0 saturated carbocycles. The lowest BCUT2D eigenvalue weighted by Crippen LogP contribution is -2.22. The Hall–Kier alpha value is -8.78. The first kappa shape index (κ1) is 43.3. The Morgan fingerprint density at radius 3 is 1.32 bits per heavy atom. The first-order valence-corrected chi connectivity index (χ1v) is 25.2. The lowest BCUT2D eigenvalue weighted by atomic mass is 9.74. The molecule has 11 aromatic rings. The minimum absolute atomic E-state index is 0.126. The molecule has 1 heteroatoms. The summed E-state index contributed by atoms with van der Waals surface area (Å²) in [7, 11) is 0. The summed E-state index contributed by atoms with van der Waals surface area (Å²) in [6, 6.07) is 98.6. The van der Waals surface area contributed by atoms with Crippen molar-refractivity contribution >= 4 is 17.1 Å². The van der Waals surface area contributed by atoms with Crippen LogP contribution in [0.2, 0.25) is 0 Å². The molecule has 2 aliphatic carbocycles. The summed E-state index contributed by atoms with van der Waals surface area (Å²) in [6.07, 6.45) is 0. The van der Waals surface area contributed by atoms with Crippen molar-refractivity contribution < 1.29 is 0 Å². The maximum atomic E-state index is 2.43. The van der Waals surface area contributed by atoms with Crippen molar-refractivity contribution in [3.63, 3.8) is 0 Å². The monoisotopic (exact) mass is 919 g/mol. The average molecular weight is 920 g/mol. The van der Waals surface area contributed by atoms with Gasteiger partial charge in [-0.25, -0.2) is 0 Å². The third-order valence-electron chi connectivity index (χ3n) is 15.8. The molecule has 0 spiro atoms. The molecular weight excluding hydrogens is 867 g/mol. The summed E-state index contributed by atoms with van der Waals surface area (Å²) in [5.41, 5.74) is 27.1. The fourth-order valence-corrected chi connectivity index (χ4v) is 12.2. The van der Waals surface area contributed by atoms with Crippen molar-refractivity contribution in [2.45, 2.75) is 31.6 Å². The van der Waals surface area contributed by atoms with Gasteiger partial charge in [0.05, 0.1) is 0 Å². The normalized spacial score (nSPS) is 14.8. The summed E-state index contributed by atoms with van der Waals surface area (Å²) in [4.78, 5) is 2.41.